The van der Waals surface area contributed by atoms with Gasteiger partial charge in [0.05, 0.1) is 16.1 Å². The number of halogens is 4. The Morgan fingerprint density at radius 1 is 1.00 bits per heavy atom. The number of nitrogens with zero attached hydrogens (tertiary/aromatic N) is 1. The maximum Gasteiger partial charge on any atom is 0.260 e. The predicted octanol–water partition coefficient (Wildman–Crippen LogP) is 5.69. The summed E-state index contributed by atoms with van der Waals surface area (Å²) in [5.74, 6) is -3.53. The number of carbonyl (C=O) groups excluding carboxylic acids is 1. The number of aromatic nitrogens is 1. The number of carbonyl (C=O) groups is 1. The number of amides is 1. The molecule has 0 saturated carbocycles. The third-order valence-electron chi connectivity index (χ3n) is 4.23. The van der Waals surface area contributed by atoms with Crippen molar-refractivity contribution in [3.63, 3.8) is 0 Å². The molecule has 4 aromatic rings. The van der Waals surface area contributed by atoms with E-state index in [2.05, 4.69) is 15.6 Å². The molecule has 0 atom stereocenters. The van der Waals surface area contributed by atoms with Gasteiger partial charge in [-0.05, 0) is 54.7 Å². The summed E-state index contributed by atoms with van der Waals surface area (Å²) in [6, 6.07) is 12.0. The lowest BCUT2D eigenvalue weighted by atomic mass is 10.2. The van der Waals surface area contributed by atoms with Crippen LogP contribution in [0.4, 0.5) is 18.9 Å². The molecule has 0 aliphatic heterocycles. The Balaban J connectivity index is 1.53. The van der Waals surface area contributed by atoms with Gasteiger partial charge in [0.2, 0.25) is 5.89 Å². The van der Waals surface area contributed by atoms with Crippen molar-refractivity contribution < 1.29 is 22.4 Å². The molecule has 1 aromatic heterocycles. The van der Waals surface area contributed by atoms with Crippen LogP contribution in [-0.2, 0) is 0 Å². The van der Waals surface area contributed by atoms with E-state index in [1.54, 1.807) is 18.2 Å². The zero-order valence-corrected chi connectivity index (χ0v) is 17.0. The first kappa shape index (κ1) is 20.8. The van der Waals surface area contributed by atoms with Crippen molar-refractivity contribution in [2.24, 2.45) is 0 Å². The van der Waals surface area contributed by atoms with E-state index in [4.69, 9.17) is 28.2 Å². The first-order valence-corrected chi connectivity index (χ1v) is 9.53. The average Bonchev–Trinajstić information content (AvgIpc) is 3.14. The summed E-state index contributed by atoms with van der Waals surface area (Å²) < 4.78 is 46.1. The molecular weight excluding hydrogens is 451 g/mol. The topological polar surface area (TPSA) is 67.2 Å². The van der Waals surface area contributed by atoms with Gasteiger partial charge in [-0.1, -0.05) is 23.7 Å². The van der Waals surface area contributed by atoms with Crippen LogP contribution >= 0.6 is 23.8 Å². The number of benzene rings is 3. The highest BCUT2D eigenvalue weighted by Crippen LogP contribution is 2.32. The van der Waals surface area contributed by atoms with Gasteiger partial charge < -0.3 is 9.73 Å². The summed E-state index contributed by atoms with van der Waals surface area (Å²) in [6.07, 6.45) is 0. The predicted molar refractivity (Wildman–Crippen MR) is 114 cm³/mol. The van der Waals surface area contributed by atoms with Gasteiger partial charge in [0.15, 0.2) is 22.3 Å². The zero-order valence-electron chi connectivity index (χ0n) is 15.4. The third-order valence-corrected chi connectivity index (χ3v) is 4.75. The van der Waals surface area contributed by atoms with E-state index in [-0.39, 0.29) is 27.2 Å². The Morgan fingerprint density at radius 2 is 1.74 bits per heavy atom. The molecule has 5 nitrogen and oxygen atoms in total. The second-order valence-electron chi connectivity index (χ2n) is 6.34. The molecule has 0 spiro atoms. The molecule has 0 fully saturated rings. The second-order valence-corrected chi connectivity index (χ2v) is 7.15. The maximum absolute atomic E-state index is 13.7. The van der Waals surface area contributed by atoms with Gasteiger partial charge in [-0.3, -0.25) is 10.1 Å². The highest BCUT2D eigenvalue weighted by molar-refractivity contribution is 7.80. The quantitative estimate of drug-likeness (QED) is 0.303. The van der Waals surface area contributed by atoms with Crippen molar-refractivity contribution >= 4 is 51.6 Å². The van der Waals surface area contributed by atoms with Crippen molar-refractivity contribution in [3.8, 4) is 11.5 Å². The van der Waals surface area contributed by atoms with Gasteiger partial charge in [-0.2, -0.15) is 0 Å². The van der Waals surface area contributed by atoms with Crippen molar-refractivity contribution in [2.45, 2.75) is 0 Å². The lowest BCUT2D eigenvalue weighted by Gasteiger charge is -2.09. The monoisotopic (exact) mass is 461 g/mol. The van der Waals surface area contributed by atoms with Crippen LogP contribution in [0.1, 0.15) is 10.4 Å². The summed E-state index contributed by atoms with van der Waals surface area (Å²) in [5.41, 5.74) is 1.15. The summed E-state index contributed by atoms with van der Waals surface area (Å²) >= 11 is 11.1. The zero-order chi connectivity index (χ0) is 22.1. The van der Waals surface area contributed by atoms with Crippen LogP contribution in [0.5, 0.6) is 0 Å². The number of rotatable bonds is 3. The number of hydrogen-bond donors (Lipinski definition) is 2. The van der Waals surface area contributed by atoms with E-state index in [0.29, 0.717) is 16.8 Å². The van der Waals surface area contributed by atoms with Gasteiger partial charge in [0.1, 0.15) is 11.3 Å². The molecule has 0 saturated heterocycles. The Morgan fingerprint density at radius 3 is 2.52 bits per heavy atom. The molecule has 2 N–H and O–H groups in total. The molecule has 31 heavy (non-hydrogen) atoms. The number of anilines is 1. The largest absolute Gasteiger partial charge is 0.436 e. The SMILES string of the molecule is O=C(NC(=S)Nc1ccc2oc(-c3cc(F)c(F)cc3Cl)nc2c1)c1ccccc1F. The molecular formula is C21H11ClF3N3O2S. The van der Waals surface area contributed by atoms with Crippen LogP contribution in [0, 0.1) is 17.5 Å². The van der Waals surface area contributed by atoms with Crippen molar-refractivity contribution in [2.75, 3.05) is 5.32 Å². The number of oxazole rings is 1. The molecule has 4 rings (SSSR count). The number of thiocarbonyl (C=S) groups is 1. The van der Waals surface area contributed by atoms with E-state index in [9.17, 15) is 18.0 Å². The summed E-state index contributed by atoms with van der Waals surface area (Å²) in [5, 5.41) is 5.07. The molecule has 0 radical (unpaired) electrons. The van der Waals surface area contributed by atoms with E-state index >= 15 is 0 Å². The molecule has 0 aliphatic rings. The Hall–Kier alpha value is -3.43. The Labute approximate surface area is 183 Å². The molecule has 1 heterocycles. The van der Waals surface area contributed by atoms with Crippen LogP contribution < -0.4 is 10.6 Å². The van der Waals surface area contributed by atoms with Gasteiger partial charge >= 0.3 is 0 Å². The molecule has 1 amide bonds. The first-order chi connectivity index (χ1) is 14.8. The summed E-state index contributed by atoms with van der Waals surface area (Å²) in [7, 11) is 0. The minimum absolute atomic E-state index is 0.00600. The molecule has 156 valence electrons. The lowest BCUT2D eigenvalue weighted by molar-refractivity contribution is 0.0974. The second kappa shape index (κ2) is 8.37. The minimum Gasteiger partial charge on any atom is -0.436 e. The highest BCUT2D eigenvalue weighted by atomic mass is 35.5. The first-order valence-electron chi connectivity index (χ1n) is 8.74. The minimum atomic E-state index is -1.08. The van der Waals surface area contributed by atoms with Crippen LogP contribution in [-0.4, -0.2) is 16.0 Å². The maximum atomic E-state index is 13.7. The van der Waals surface area contributed by atoms with E-state index in [0.717, 1.165) is 12.1 Å². The van der Waals surface area contributed by atoms with Crippen molar-refractivity contribution in [1.82, 2.24) is 10.3 Å². The van der Waals surface area contributed by atoms with Gasteiger partial charge in [0, 0.05) is 5.69 Å². The van der Waals surface area contributed by atoms with Crippen LogP contribution in [0.2, 0.25) is 5.02 Å². The van der Waals surface area contributed by atoms with Crippen LogP contribution in [0.25, 0.3) is 22.6 Å². The number of hydrogen-bond acceptors (Lipinski definition) is 4. The highest BCUT2D eigenvalue weighted by Gasteiger charge is 2.16. The standard InChI is InChI=1S/C21H11ClF3N3O2S/c22-13-9-16(25)15(24)8-12(13)20-27-17-7-10(5-6-18(17)30-20)26-21(31)28-19(29)11-3-1-2-4-14(11)23/h1-9H,(H2,26,28,29,31). The number of fused-ring (bicyclic) bond motifs is 1. The van der Waals surface area contributed by atoms with E-state index in [1.165, 1.54) is 24.3 Å². The summed E-state index contributed by atoms with van der Waals surface area (Å²) in [4.78, 5) is 16.4. The van der Waals surface area contributed by atoms with Crippen molar-refractivity contribution in [3.05, 3.63) is 82.6 Å². The fourth-order valence-corrected chi connectivity index (χ4v) is 3.23. The van der Waals surface area contributed by atoms with Gasteiger partial charge in [-0.25, -0.2) is 18.2 Å². The van der Waals surface area contributed by atoms with Gasteiger partial charge in [0.25, 0.3) is 5.91 Å². The van der Waals surface area contributed by atoms with E-state index < -0.39 is 23.4 Å². The van der Waals surface area contributed by atoms with E-state index in [1.807, 2.05) is 0 Å². The Bertz CT molecular complexity index is 1340. The van der Waals surface area contributed by atoms with Crippen molar-refractivity contribution in [1.29, 1.82) is 0 Å². The fraction of sp³-hybridized carbons (Fsp3) is 0. The third kappa shape index (κ3) is 4.37. The lowest BCUT2D eigenvalue weighted by Crippen LogP contribution is -2.34. The Kier molecular flexibility index (Phi) is 5.62. The normalized spacial score (nSPS) is 10.8. The molecule has 3 aromatic carbocycles. The fourth-order valence-electron chi connectivity index (χ4n) is 2.78. The molecule has 0 unspecified atom stereocenters. The molecule has 0 bridgehead atoms. The van der Waals surface area contributed by atoms with Crippen LogP contribution in [0.3, 0.4) is 0 Å². The average molecular weight is 462 g/mol. The van der Waals surface area contributed by atoms with Gasteiger partial charge in [-0.15, -0.1) is 0 Å². The van der Waals surface area contributed by atoms with Crippen LogP contribution in [0.15, 0.2) is 59.0 Å². The molecule has 10 heteroatoms. The smallest absolute Gasteiger partial charge is 0.260 e. The number of nitrogens with one attached hydrogen (secondary N) is 2. The molecule has 0 aliphatic carbocycles. The summed E-state index contributed by atoms with van der Waals surface area (Å²) in [6.45, 7) is 0.